The van der Waals surface area contributed by atoms with Gasteiger partial charge in [0, 0.05) is 23.6 Å². The molecule has 0 saturated heterocycles. The molecule has 0 fully saturated rings. The van der Waals surface area contributed by atoms with Crippen LogP contribution < -0.4 is 14.8 Å². The third-order valence-electron chi connectivity index (χ3n) is 4.78. The molecular formula is C25H23F2NO4. The van der Waals surface area contributed by atoms with Gasteiger partial charge in [0.05, 0.1) is 19.4 Å². The molecule has 0 bridgehead atoms. The van der Waals surface area contributed by atoms with Gasteiger partial charge in [0.2, 0.25) is 5.91 Å². The summed E-state index contributed by atoms with van der Waals surface area (Å²) in [6, 6.07) is 15.5. The quantitative estimate of drug-likeness (QED) is 0.346. The average molecular weight is 439 g/mol. The summed E-state index contributed by atoms with van der Waals surface area (Å²) in [4.78, 5) is 23.9. The van der Waals surface area contributed by atoms with E-state index in [1.54, 1.807) is 48.5 Å². The number of ketones is 1. The molecule has 0 aliphatic rings. The van der Waals surface area contributed by atoms with Crippen molar-refractivity contribution in [3.8, 4) is 22.6 Å². The van der Waals surface area contributed by atoms with E-state index in [2.05, 4.69) is 5.32 Å². The number of hydrogen-bond acceptors (Lipinski definition) is 4. The summed E-state index contributed by atoms with van der Waals surface area (Å²) in [6.07, 6.45) is 0.422. The minimum absolute atomic E-state index is 0.0648. The zero-order valence-corrected chi connectivity index (χ0v) is 17.8. The van der Waals surface area contributed by atoms with Crippen molar-refractivity contribution < 1.29 is 27.8 Å². The molecule has 0 aliphatic heterocycles. The third kappa shape index (κ3) is 5.69. The monoisotopic (exact) mass is 439 g/mol. The Morgan fingerprint density at radius 1 is 0.969 bits per heavy atom. The van der Waals surface area contributed by atoms with Gasteiger partial charge in [-0.1, -0.05) is 30.3 Å². The number of ether oxygens (including phenoxy) is 2. The molecular weight excluding hydrogens is 416 g/mol. The molecule has 5 nitrogen and oxygen atoms in total. The number of rotatable bonds is 9. The van der Waals surface area contributed by atoms with Gasteiger partial charge in [0.1, 0.15) is 11.6 Å². The van der Waals surface area contributed by atoms with Crippen molar-refractivity contribution in [2.45, 2.75) is 19.8 Å². The second kappa shape index (κ2) is 10.5. The van der Waals surface area contributed by atoms with Crippen molar-refractivity contribution in [2.75, 3.05) is 19.0 Å². The Morgan fingerprint density at radius 2 is 1.72 bits per heavy atom. The molecule has 0 heterocycles. The van der Waals surface area contributed by atoms with E-state index in [1.165, 1.54) is 20.1 Å². The molecule has 3 aromatic rings. The first-order chi connectivity index (χ1) is 15.4. The highest BCUT2D eigenvalue weighted by Crippen LogP contribution is 2.32. The van der Waals surface area contributed by atoms with Gasteiger partial charge in [-0.05, 0) is 43.2 Å². The normalized spacial score (nSPS) is 10.5. The summed E-state index contributed by atoms with van der Waals surface area (Å²) < 4.78 is 39.1. The molecule has 3 aromatic carbocycles. The lowest BCUT2D eigenvalue weighted by atomic mass is 10.0. The second-order valence-electron chi connectivity index (χ2n) is 7.10. The Labute approximate surface area is 185 Å². The Morgan fingerprint density at radius 3 is 2.41 bits per heavy atom. The van der Waals surface area contributed by atoms with Gasteiger partial charge in [-0.3, -0.25) is 9.59 Å². The summed E-state index contributed by atoms with van der Waals surface area (Å²) in [5.41, 5.74) is 1.29. The summed E-state index contributed by atoms with van der Waals surface area (Å²) in [5.74, 6) is -1.21. The number of amides is 1. The number of methoxy groups -OCH3 is 1. The largest absolute Gasteiger partial charge is 0.493 e. The minimum atomic E-state index is -0.844. The highest BCUT2D eigenvalue weighted by molar-refractivity contribution is 5.96. The van der Waals surface area contributed by atoms with E-state index in [0.717, 1.165) is 6.07 Å². The number of hydrogen-bond donors (Lipinski definition) is 1. The summed E-state index contributed by atoms with van der Waals surface area (Å²) in [6.45, 7) is 1.67. The third-order valence-corrected chi connectivity index (χ3v) is 4.78. The molecule has 3 rings (SSSR count). The molecule has 32 heavy (non-hydrogen) atoms. The molecule has 0 aromatic heterocycles. The van der Waals surface area contributed by atoms with Gasteiger partial charge in [0.15, 0.2) is 17.3 Å². The van der Waals surface area contributed by atoms with Gasteiger partial charge in [-0.15, -0.1) is 0 Å². The van der Waals surface area contributed by atoms with Crippen LogP contribution in [0.25, 0.3) is 11.1 Å². The van der Waals surface area contributed by atoms with Gasteiger partial charge >= 0.3 is 0 Å². The highest BCUT2D eigenvalue weighted by atomic mass is 19.1. The second-order valence-corrected chi connectivity index (χ2v) is 7.10. The molecule has 0 saturated carbocycles. The number of carbonyl (C=O) groups is 2. The predicted molar refractivity (Wildman–Crippen MR) is 118 cm³/mol. The van der Waals surface area contributed by atoms with E-state index >= 15 is 0 Å². The standard InChI is InChI=1S/C25H23F2NO4/c1-16(29)18-10-11-22(23(13-18)31-2)32-12-6-9-24(30)28-25-20(14-19(26)15-21(25)27)17-7-4-3-5-8-17/h3-5,7-8,10-11,13-15H,6,9,12H2,1-2H3,(H,28,30). The maximum atomic E-state index is 14.4. The smallest absolute Gasteiger partial charge is 0.224 e. The van der Waals surface area contributed by atoms with Crippen LogP contribution in [-0.2, 0) is 4.79 Å². The van der Waals surface area contributed by atoms with Gasteiger partial charge in [-0.2, -0.15) is 0 Å². The first kappa shape index (κ1) is 22.9. The Bertz CT molecular complexity index is 1120. The maximum Gasteiger partial charge on any atom is 0.224 e. The van der Waals surface area contributed by atoms with Crippen molar-refractivity contribution >= 4 is 17.4 Å². The lowest BCUT2D eigenvalue weighted by Gasteiger charge is -2.14. The van der Waals surface area contributed by atoms with Crippen LogP contribution in [0.2, 0.25) is 0 Å². The van der Waals surface area contributed by atoms with Crippen molar-refractivity contribution in [2.24, 2.45) is 0 Å². The number of benzene rings is 3. The first-order valence-corrected chi connectivity index (χ1v) is 10.0. The molecule has 166 valence electrons. The predicted octanol–water partition coefficient (Wildman–Crippen LogP) is 5.64. The Hall–Kier alpha value is -3.74. The molecule has 0 spiro atoms. The molecule has 1 N–H and O–H groups in total. The molecule has 0 aliphatic carbocycles. The van der Waals surface area contributed by atoms with Crippen molar-refractivity contribution in [3.05, 3.63) is 77.9 Å². The summed E-state index contributed by atoms with van der Waals surface area (Å²) in [7, 11) is 1.47. The van der Waals surface area contributed by atoms with Crippen molar-refractivity contribution in [1.82, 2.24) is 0 Å². The molecule has 1 amide bonds. The van der Waals surface area contributed by atoms with Gasteiger partial charge in [0.25, 0.3) is 0 Å². The number of carbonyl (C=O) groups excluding carboxylic acids is 2. The van der Waals surface area contributed by atoms with Crippen LogP contribution in [-0.4, -0.2) is 25.4 Å². The van der Waals surface area contributed by atoms with E-state index in [1.807, 2.05) is 0 Å². The van der Waals surface area contributed by atoms with E-state index in [0.29, 0.717) is 29.0 Å². The van der Waals surface area contributed by atoms with Gasteiger partial charge < -0.3 is 14.8 Å². The Kier molecular flexibility index (Phi) is 7.54. The lowest BCUT2D eigenvalue weighted by molar-refractivity contribution is -0.116. The number of nitrogens with one attached hydrogen (secondary N) is 1. The van der Waals surface area contributed by atoms with Crippen molar-refractivity contribution in [3.63, 3.8) is 0 Å². The van der Waals surface area contributed by atoms with Crippen LogP contribution in [0.3, 0.4) is 0 Å². The fourth-order valence-electron chi connectivity index (χ4n) is 3.17. The summed E-state index contributed by atoms with van der Waals surface area (Å²) in [5, 5.41) is 2.55. The summed E-state index contributed by atoms with van der Waals surface area (Å²) >= 11 is 0. The van der Waals surface area contributed by atoms with Gasteiger partial charge in [-0.25, -0.2) is 8.78 Å². The molecule has 0 radical (unpaired) electrons. The minimum Gasteiger partial charge on any atom is -0.493 e. The fourth-order valence-corrected chi connectivity index (χ4v) is 3.17. The van der Waals surface area contributed by atoms with E-state index in [9.17, 15) is 18.4 Å². The Balaban J connectivity index is 1.61. The van der Waals surface area contributed by atoms with Crippen LogP contribution >= 0.6 is 0 Å². The van der Waals surface area contributed by atoms with Crippen LogP contribution in [0, 0.1) is 11.6 Å². The van der Waals surface area contributed by atoms with E-state index < -0.39 is 17.5 Å². The zero-order valence-electron chi connectivity index (χ0n) is 17.8. The SMILES string of the molecule is COc1cc(C(C)=O)ccc1OCCCC(=O)Nc1c(F)cc(F)cc1-c1ccccc1. The maximum absolute atomic E-state index is 14.4. The van der Waals surface area contributed by atoms with Crippen LogP contribution in [0.15, 0.2) is 60.7 Å². The first-order valence-electron chi connectivity index (χ1n) is 10.0. The highest BCUT2D eigenvalue weighted by Gasteiger charge is 2.16. The average Bonchev–Trinajstić information content (AvgIpc) is 2.78. The van der Waals surface area contributed by atoms with Crippen LogP contribution in [0.4, 0.5) is 14.5 Å². The van der Waals surface area contributed by atoms with Crippen molar-refractivity contribution in [1.29, 1.82) is 0 Å². The number of anilines is 1. The number of Topliss-reactive ketones (excluding diaryl/α,β-unsaturated/α-hetero) is 1. The lowest BCUT2D eigenvalue weighted by Crippen LogP contribution is -2.15. The molecule has 0 unspecified atom stereocenters. The zero-order chi connectivity index (χ0) is 23.1. The number of halogens is 2. The molecule has 0 atom stereocenters. The van der Waals surface area contributed by atoms with Crippen LogP contribution in [0.5, 0.6) is 11.5 Å². The topological polar surface area (TPSA) is 64.6 Å². The fraction of sp³-hybridized carbons (Fsp3) is 0.200. The van der Waals surface area contributed by atoms with E-state index in [-0.39, 0.29) is 30.1 Å². The molecule has 7 heteroatoms. The van der Waals surface area contributed by atoms with E-state index in [4.69, 9.17) is 9.47 Å². The van der Waals surface area contributed by atoms with Crippen LogP contribution in [0.1, 0.15) is 30.1 Å².